The summed E-state index contributed by atoms with van der Waals surface area (Å²) in [7, 11) is 1.69. The minimum atomic E-state index is 0.0868. The Labute approximate surface area is 69.9 Å². The molecule has 0 N–H and O–H groups in total. The third kappa shape index (κ3) is 6.32. The van der Waals surface area contributed by atoms with E-state index < -0.39 is 0 Å². The molecule has 68 valence electrons. The molecule has 0 aromatic rings. The molecule has 0 radical (unpaired) electrons. The molecule has 0 bridgehead atoms. The molecule has 2 heteroatoms. The Hall–Kier alpha value is -0.0800. The highest BCUT2D eigenvalue weighted by molar-refractivity contribution is 4.52. The summed E-state index contributed by atoms with van der Waals surface area (Å²) < 4.78 is 10.2. The lowest BCUT2D eigenvalue weighted by molar-refractivity contribution is -0.145. The molecule has 1 unspecified atom stereocenters. The number of methoxy groups -OCH3 is 1. The van der Waals surface area contributed by atoms with E-state index in [1.165, 1.54) is 19.3 Å². The largest absolute Gasteiger partial charge is 0.356 e. The molecule has 2 nitrogen and oxygen atoms in total. The molecule has 0 amide bonds. The molecule has 1 rings (SSSR count). The molecule has 11 heavy (non-hydrogen) atoms. The molecular weight excluding hydrogens is 140 g/mol. The van der Waals surface area contributed by atoms with E-state index in [4.69, 9.17) is 9.47 Å². The molecule has 0 aromatic heterocycles. The van der Waals surface area contributed by atoms with E-state index in [1.807, 2.05) is 0 Å². The normalized spacial score (nSPS) is 23.7. The summed E-state index contributed by atoms with van der Waals surface area (Å²) in [5, 5.41) is 0. The number of hydrogen-bond acceptors (Lipinski definition) is 2. The summed E-state index contributed by atoms with van der Waals surface area (Å²) in [5.74, 6) is 0. The van der Waals surface area contributed by atoms with Gasteiger partial charge in [0.05, 0.1) is 0 Å². The van der Waals surface area contributed by atoms with Crippen LogP contribution in [0.25, 0.3) is 0 Å². The number of hydrogen-bond donors (Lipinski definition) is 0. The van der Waals surface area contributed by atoms with Gasteiger partial charge in [0.1, 0.15) is 0 Å². The van der Waals surface area contributed by atoms with E-state index >= 15 is 0 Å². The van der Waals surface area contributed by atoms with Crippen molar-refractivity contribution in [2.24, 2.45) is 0 Å². The van der Waals surface area contributed by atoms with E-state index in [2.05, 4.69) is 13.8 Å². The van der Waals surface area contributed by atoms with Gasteiger partial charge in [0.2, 0.25) is 0 Å². The molecule has 0 aromatic carbocycles. The fourth-order valence-corrected chi connectivity index (χ4v) is 0.897. The summed E-state index contributed by atoms with van der Waals surface area (Å²) in [6.45, 7) is 5.12. The first kappa shape index (κ1) is 10.9. The van der Waals surface area contributed by atoms with E-state index in [0.29, 0.717) is 0 Å². The van der Waals surface area contributed by atoms with Crippen LogP contribution in [-0.2, 0) is 9.47 Å². The first-order valence-corrected chi connectivity index (χ1v) is 4.49. The van der Waals surface area contributed by atoms with Crippen molar-refractivity contribution < 1.29 is 9.47 Å². The van der Waals surface area contributed by atoms with Gasteiger partial charge in [-0.1, -0.05) is 20.3 Å². The second-order valence-electron chi connectivity index (χ2n) is 2.74. The fraction of sp³-hybridized carbons (Fsp3) is 1.00. The first-order chi connectivity index (χ1) is 5.35. The van der Waals surface area contributed by atoms with Crippen LogP contribution < -0.4 is 0 Å². The van der Waals surface area contributed by atoms with Gasteiger partial charge in [-0.2, -0.15) is 0 Å². The zero-order valence-corrected chi connectivity index (χ0v) is 7.93. The van der Waals surface area contributed by atoms with Gasteiger partial charge in [-0.25, -0.2) is 0 Å². The summed E-state index contributed by atoms with van der Waals surface area (Å²) in [4.78, 5) is 0. The van der Waals surface area contributed by atoms with Crippen LogP contribution in [0.5, 0.6) is 0 Å². The Morgan fingerprint density at radius 2 is 2.00 bits per heavy atom. The fourth-order valence-electron chi connectivity index (χ4n) is 0.897. The smallest absolute Gasteiger partial charge is 0.157 e. The summed E-state index contributed by atoms with van der Waals surface area (Å²) in [5.41, 5.74) is 0. The maximum absolute atomic E-state index is 5.20. The topological polar surface area (TPSA) is 18.5 Å². The molecule has 1 aliphatic rings. The van der Waals surface area contributed by atoms with Crippen molar-refractivity contribution >= 4 is 0 Å². The van der Waals surface area contributed by atoms with Crippen molar-refractivity contribution in [3.63, 3.8) is 0 Å². The van der Waals surface area contributed by atoms with Crippen molar-refractivity contribution in [1.29, 1.82) is 0 Å². The van der Waals surface area contributed by atoms with Gasteiger partial charge >= 0.3 is 0 Å². The highest BCUT2D eigenvalue weighted by atomic mass is 16.7. The van der Waals surface area contributed by atoms with Crippen molar-refractivity contribution in [3.05, 3.63) is 0 Å². The Balaban J connectivity index is 0.000000292. The summed E-state index contributed by atoms with van der Waals surface area (Å²) in [6, 6.07) is 0. The van der Waals surface area contributed by atoms with Gasteiger partial charge in [-0.05, 0) is 19.3 Å². The highest BCUT2D eigenvalue weighted by Gasteiger charge is 2.10. The second kappa shape index (κ2) is 8.02. The Morgan fingerprint density at radius 1 is 1.36 bits per heavy atom. The monoisotopic (exact) mass is 160 g/mol. The maximum atomic E-state index is 5.20. The maximum Gasteiger partial charge on any atom is 0.157 e. The lowest BCUT2D eigenvalue weighted by Crippen LogP contribution is -2.20. The summed E-state index contributed by atoms with van der Waals surface area (Å²) >= 11 is 0. The Morgan fingerprint density at radius 3 is 2.27 bits per heavy atom. The molecule has 1 heterocycles. The predicted octanol–water partition coefficient (Wildman–Crippen LogP) is 2.58. The third-order valence-electron chi connectivity index (χ3n) is 1.40. The highest BCUT2D eigenvalue weighted by Crippen LogP contribution is 2.11. The van der Waals surface area contributed by atoms with Crippen LogP contribution in [0.2, 0.25) is 0 Å². The van der Waals surface area contributed by atoms with Gasteiger partial charge in [0.25, 0.3) is 0 Å². The molecule has 0 spiro atoms. The molecular formula is C9H20O2. The van der Waals surface area contributed by atoms with Crippen molar-refractivity contribution in [1.82, 2.24) is 0 Å². The molecule has 0 aliphatic carbocycles. The zero-order valence-electron chi connectivity index (χ0n) is 7.93. The quantitative estimate of drug-likeness (QED) is 0.587. The molecule has 1 aliphatic heterocycles. The summed E-state index contributed by atoms with van der Waals surface area (Å²) in [6.07, 6.45) is 4.85. The van der Waals surface area contributed by atoms with E-state index in [9.17, 15) is 0 Å². The third-order valence-corrected chi connectivity index (χ3v) is 1.40. The van der Waals surface area contributed by atoms with Crippen LogP contribution >= 0.6 is 0 Å². The first-order valence-electron chi connectivity index (χ1n) is 4.49. The number of rotatable bonds is 1. The SMILES string of the molecule is CCC.COC1CCCCO1. The lowest BCUT2D eigenvalue weighted by Gasteiger charge is -2.20. The van der Waals surface area contributed by atoms with Crippen molar-refractivity contribution in [2.75, 3.05) is 13.7 Å². The molecule has 0 saturated carbocycles. The Kier molecular flexibility index (Phi) is 7.96. The standard InChI is InChI=1S/C6H12O2.C3H8/c1-7-6-4-2-3-5-8-6;1-3-2/h6H,2-5H2,1H3;3H2,1-2H3. The minimum Gasteiger partial charge on any atom is -0.356 e. The average Bonchev–Trinajstić information content (AvgIpc) is 2.08. The second-order valence-corrected chi connectivity index (χ2v) is 2.74. The van der Waals surface area contributed by atoms with Gasteiger partial charge in [0.15, 0.2) is 6.29 Å². The van der Waals surface area contributed by atoms with Crippen LogP contribution in [0.15, 0.2) is 0 Å². The van der Waals surface area contributed by atoms with Crippen LogP contribution in [-0.4, -0.2) is 20.0 Å². The van der Waals surface area contributed by atoms with Crippen LogP contribution in [0.1, 0.15) is 39.5 Å². The Bertz CT molecular complexity index is 68.0. The van der Waals surface area contributed by atoms with Gasteiger partial charge in [0, 0.05) is 13.7 Å². The van der Waals surface area contributed by atoms with E-state index in [1.54, 1.807) is 7.11 Å². The zero-order chi connectivity index (χ0) is 8.53. The van der Waals surface area contributed by atoms with Crippen LogP contribution in [0, 0.1) is 0 Å². The van der Waals surface area contributed by atoms with Crippen LogP contribution in [0.3, 0.4) is 0 Å². The molecule has 1 saturated heterocycles. The van der Waals surface area contributed by atoms with E-state index in [0.717, 1.165) is 13.0 Å². The minimum absolute atomic E-state index is 0.0868. The van der Waals surface area contributed by atoms with Crippen LogP contribution in [0.4, 0.5) is 0 Å². The predicted molar refractivity (Wildman–Crippen MR) is 46.6 cm³/mol. The molecule has 1 atom stereocenters. The van der Waals surface area contributed by atoms with Crippen molar-refractivity contribution in [3.8, 4) is 0 Å². The van der Waals surface area contributed by atoms with Crippen molar-refractivity contribution in [2.45, 2.75) is 45.8 Å². The lowest BCUT2D eigenvalue weighted by atomic mass is 10.2. The van der Waals surface area contributed by atoms with Gasteiger partial charge < -0.3 is 9.47 Å². The van der Waals surface area contributed by atoms with Gasteiger partial charge in [-0.3, -0.25) is 0 Å². The average molecular weight is 160 g/mol. The van der Waals surface area contributed by atoms with Gasteiger partial charge in [-0.15, -0.1) is 0 Å². The molecule has 1 fully saturated rings. The van der Waals surface area contributed by atoms with E-state index in [-0.39, 0.29) is 6.29 Å². The number of ether oxygens (including phenoxy) is 2.